The Balaban J connectivity index is 1.52. The zero-order valence-corrected chi connectivity index (χ0v) is 27.0. The third-order valence-corrected chi connectivity index (χ3v) is 8.68. The zero-order valence-electron chi connectivity index (χ0n) is 23.2. The second-order valence-electron chi connectivity index (χ2n) is 11.0. The molecule has 3 aromatic rings. The van der Waals surface area contributed by atoms with Crippen LogP contribution in [0, 0.1) is 17.6 Å². The third kappa shape index (κ3) is 7.21. The van der Waals surface area contributed by atoms with Crippen molar-refractivity contribution >= 4 is 87.2 Å². The van der Waals surface area contributed by atoms with E-state index in [1.54, 1.807) is 39.0 Å². The lowest BCUT2D eigenvalue weighted by Gasteiger charge is -2.25. The van der Waals surface area contributed by atoms with Crippen molar-refractivity contribution in [3.05, 3.63) is 91.9 Å². The van der Waals surface area contributed by atoms with Crippen LogP contribution < -0.4 is 10.2 Å². The van der Waals surface area contributed by atoms with Crippen LogP contribution in [0.15, 0.2) is 48.5 Å². The normalized spacial score (nSPS) is 17.3. The van der Waals surface area contributed by atoms with Gasteiger partial charge in [0.2, 0.25) is 5.91 Å². The standard InChI is InChI=1S/C30H25Cl5F2N2O4/c1-29(2,3)43-28(42)39(4)26-21(36)10-6-15(25(26)37)12-22(40)17-13-16(7-9-18(17)31)38-27(41)24-23(30(24,34)35)14-5-8-19(32)20(33)11-14/h5-11,13,23-24H,12H2,1-4H3,(H,38,41)/t23-,24+/m0/s1. The van der Waals surface area contributed by atoms with Gasteiger partial charge in [-0.25, -0.2) is 13.6 Å². The van der Waals surface area contributed by atoms with Gasteiger partial charge in [0.1, 0.15) is 21.4 Å². The van der Waals surface area contributed by atoms with Crippen LogP contribution >= 0.6 is 58.0 Å². The molecule has 0 bridgehead atoms. The van der Waals surface area contributed by atoms with E-state index in [-0.39, 0.29) is 26.9 Å². The first-order valence-electron chi connectivity index (χ1n) is 12.8. The molecule has 0 aromatic heterocycles. The number of amides is 2. The molecule has 1 N–H and O–H groups in total. The molecule has 2 atom stereocenters. The number of hydrogen-bond donors (Lipinski definition) is 1. The Hall–Kier alpha value is -2.62. The number of benzene rings is 3. The smallest absolute Gasteiger partial charge is 0.414 e. The first-order valence-corrected chi connectivity index (χ1v) is 14.7. The van der Waals surface area contributed by atoms with Crippen molar-refractivity contribution in [2.75, 3.05) is 17.3 Å². The highest BCUT2D eigenvalue weighted by Gasteiger charge is 2.67. The van der Waals surface area contributed by atoms with Crippen molar-refractivity contribution in [3.63, 3.8) is 0 Å². The van der Waals surface area contributed by atoms with E-state index in [0.29, 0.717) is 15.5 Å². The maximum Gasteiger partial charge on any atom is 0.414 e. The molecule has 4 rings (SSSR count). The summed E-state index contributed by atoms with van der Waals surface area (Å²) < 4.78 is 33.8. The lowest BCUT2D eigenvalue weighted by atomic mass is 10.0. The summed E-state index contributed by atoms with van der Waals surface area (Å²) in [6.07, 6.45) is -1.50. The largest absolute Gasteiger partial charge is 0.443 e. The number of ketones is 1. The van der Waals surface area contributed by atoms with Crippen LogP contribution in [0.3, 0.4) is 0 Å². The van der Waals surface area contributed by atoms with Gasteiger partial charge in [-0.1, -0.05) is 46.9 Å². The molecule has 0 saturated heterocycles. The fraction of sp³-hybridized carbons (Fsp3) is 0.300. The number of carbonyl (C=O) groups is 3. The van der Waals surface area contributed by atoms with Gasteiger partial charge in [-0.3, -0.25) is 14.5 Å². The number of hydrogen-bond acceptors (Lipinski definition) is 4. The number of Topliss-reactive ketones (excluding diaryl/α,β-unsaturated/α-hetero) is 1. The average molecular weight is 693 g/mol. The molecule has 228 valence electrons. The number of alkyl halides is 2. The summed E-state index contributed by atoms with van der Waals surface area (Å²) in [5.41, 5.74) is -0.930. The van der Waals surface area contributed by atoms with E-state index in [1.807, 2.05) is 0 Å². The van der Waals surface area contributed by atoms with Gasteiger partial charge in [0.05, 0.1) is 21.0 Å². The van der Waals surface area contributed by atoms with E-state index < -0.39 is 63.3 Å². The summed E-state index contributed by atoms with van der Waals surface area (Å²) in [6.45, 7) is 4.84. The van der Waals surface area contributed by atoms with E-state index in [1.165, 1.54) is 18.2 Å². The summed E-state index contributed by atoms with van der Waals surface area (Å²) in [6, 6.07) is 11.1. The minimum absolute atomic E-state index is 0.0231. The molecule has 3 aromatic carbocycles. The molecular formula is C30H25Cl5F2N2O4. The van der Waals surface area contributed by atoms with Gasteiger partial charge in [0, 0.05) is 30.6 Å². The highest BCUT2D eigenvalue weighted by molar-refractivity contribution is 6.53. The van der Waals surface area contributed by atoms with Crippen LogP contribution in [0.4, 0.5) is 25.0 Å². The minimum Gasteiger partial charge on any atom is -0.443 e. The molecule has 6 nitrogen and oxygen atoms in total. The second-order valence-corrected chi connectivity index (χ2v) is 13.7. The van der Waals surface area contributed by atoms with Crippen molar-refractivity contribution in [2.24, 2.45) is 5.92 Å². The van der Waals surface area contributed by atoms with Gasteiger partial charge in [0.25, 0.3) is 0 Å². The van der Waals surface area contributed by atoms with E-state index in [0.717, 1.165) is 19.2 Å². The Morgan fingerprint density at radius 1 is 0.953 bits per heavy atom. The number of anilines is 2. The van der Waals surface area contributed by atoms with Gasteiger partial charge in [0.15, 0.2) is 11.6 Å². The Kier molecular flexibility index (Phi) is 9.60. The molecule has 43 heavy (non-hydrogen) atoms. The van der Waals surface area contributed by atoms with Crippen LogP contribution in [0.2, 0.25) is 15.1 Å². The Morgan fingerprint density at radius 2 is 1.60 bits per heavy atom. The van der Waals surface area contributed by atoms with Crippen molar-refractivity contribution < 1.29 is 27.9 Å². The number of ether oxygens (including phenoxy) is 1. The molecule has 0 spiro atoms. The van der Waals surface area contributed by atoms with E-state index in [2.05, 4.69) is 5.32 Å². The lowest BCUT2D eigenvalue weighted by molar-refractivity contribution is -0.117. The van der Waals surface area contributed by atoms with Crippen LogP contribution in [0.5, 0.6) is 0 Å². The van der Waals surface area contributed by atoms with E-state index in [4.69, 9.17) is 62.7 Å². The predicted molar refractivity (Wildman–Crippen MR) is 166 cm³/mol. The fourth-order valence-corrected chi connectivity index (χ4v) is 5.88. The van der Waals surface area contributed by atoms with Crippen LogP contribution in [-0.2, 0) is 16.0 Å². The quantitative estimate of drug-likeness (QED) is 0.198. The molecule has 0 radical (unpaired) electrons. The van der Waals surface area contributed by atoms with Gasteiger partial charge in [-0.2, -0.15) is 0 Å². The Bertz CT molecular complexity index is 1630. The highest BCUT2D eigenvalue weighted by atomic mass is 35.5. The summed E-state index contributed by atoms with van der Waals surface area (Å²) in [7, 11) is 1.16. The predicted octanol–water partition coefficient (Wildman–Crippen LogP) is 9.25. The summed E-state index contributed by atoms with van der Waals surface area (Å²) in [5, 5.41) is 3.36. The molecule has 0 unspecified atom stereocenters. The number of rotatable bonds is 7. The maximum absolute atomic E-state index is 15.4. The molecular weight excluding hydrogens is 668 g/mol. The molecule has 1 fully saturated rings. The maximum atomic E-state index is 15.4. The minimum atomic E-state index is -1.41. The number of nitrogens with zero attached hydrogens (tertiary/aromatic N) is 1. The summed E-state index contributed by atoms with van der Waals surface area (Å²) in [4.78, 5) is 39.5. The Labute approximate surface area is 272 Å². The van der Waals surface area contributed by atoms with Gasteiger partial charge < -0.3 is 10.1 Å². The van der Waals surface area contributed by atoms with Crippen molar-refractivity contribution in [1.29, 1.82) is 0 Å². The number of nitrogens with one attached hydrogen (secondary N) is 1. The van der Waals surface area contributed by atoms with Gasteiger partial charge in [-0.15, -0.1) is 23.2 Å². The number of halogens is 7. The summed E-state index contributed by atoms with van der Waals surface area (Å²) >= 11 is 31.2. The van der Waals surface area contributed by atoms with E-state index in [9.17, 15) is 18.8 Å². The Morgan fingerprint density at radius 3 is 2.23 bits per heavy atom. The average Bonchev–Trinajstić information content (AvgIpc) is 3.49. The highest BCUT2D eigenvalue weighted by Crippen LogP contribution is 2.65. The molecule has 13 heteroatoms. The van der Waals surface area contributed by atoms with Crippen LogP contribution in [0.25, 0.3) is 0 Å². The zero-order chi connectivity index (χ0) is 32.0. The molecule has 1 saturated carbocycles. The van der Waals surface area contributed by atoms with Crippen molar-refractivity contribution in [3.8, 4) is 0 Å². The fourth-order valence-electron chi connectivity index (χ4n) is 4.53. The van der Waals surface area contributed by atoms with Crippen molar-refractivity contribution in [1.82, 2.24) is 0 Å². The topological polar surface area (TPSA) is 75.7 Å². The van der Waals surface area contributed by atoms with Gasteiger partial charge in [-0.05, 0) is 68.3 Å². The third-order valence-electron chi connectivity index (χ3n) is 6.67. The molecule has 0 aliphatic heterocycles. The second kappa shape index (κ2) is 12.4. The number of carbonyl (C=O) groups excluding carboxylic acids is 3. The van der Waals surface area contributed by atoms with Gasteiger partial charge >= 0.3 is 6.09 Å². The summed E-state index contributed by atoms with van der Waals surface area (Å²) in [5.74, 6) is -4.66. The van der Waals surface area contributed by atoms with Crippen molar-refractivity contribution in [2.45, 2.75) is 43.0 Å². The van der Waals surface area contributed by atoms with Crippen LogP contribution in [0.1, 0.15) is 48.2 Å². The molecule has 1 aliphatic rings. The lowest BCUT2D eigenvalue weighted by Crippen LogP contribution is -2.35. The van der Waals surface area contributed by atoms with Crippen LogP contribution in [-0.4, -0.2) is 34.8 Å². The SMILES string of the molecule is CN(C(=O)OC(C)(C)C)c1c(F)ccc(CC(=O)c2cc(NC(=O)[C@H]3[C@H](c4ccc(Cl)c(Cl)c4)C3(Cl)Cl)ccc2Cl)c1F. The monoisotopic (exact) mass is 690 g/mol. The first-order chi connectivity index (χ1) is 19.9. The molecule has 0 heterocycles. The molecule has 1 aliphatic carbocycles. The van der Waals surface area contributed by atoms with E-state index >= 15 is 4.39 Å². The first kappa shape index (κ1) is 33.3. The molecule has 2 amide bonds.